The van der Waals surface area contributed by atoms with E-state index < -0.39 is 97.5 Å². The van der Waals surface area contributed by atoms with Crippen LogP contribution in [0.2, 0.25) is 0 Å². The molecule has 0 aliphatic rings. The van der Waals surface area contributed by atoms with E-state index in [1.54, 1.807) is 0 Å². The number of aliphatic hydroxyl groups excluding tert-OH is 1. The predicted octanol–water partition coefficient (Wildman–Crippen LogP) is 18.2. The summed E-state index contributed by atoms with van der Waals surface area (Å²) in [4.78, 5) is 72.3. The van der Waals surface area contributed by atoms with Gasteiger partial charge < -0.3 is 33.8 Å². The maximum absolute atomic E-state index is 13.0. The number of phosphoric acid groups is 2. The molecule has 0 spiro atoms. The molecule has 0 aromatic rings. The number of allylic oxidation sites excluding steroid dienone is 4. The van der Waals surface area contributed by atoms with Gasteiger partial charge >= 0.3 is 39.5 Å². The Morgan fingerprint density at radius 1 is 0.360 bits per heavy atom. The molecule has 0 bridgehead atoms. The lowest BCUT2D eigenvalue weighted by Crippen LogP contribution is -2.30. The Hall–Kier alpha value is -2.46. The molecule has 0 radical (unpaired) electrons. The molecular formula is C67H126O17P2. The van der Waals surface area contributed by atoms with Gasteiger partial charge in [-0.1, -0.05) is 253 Å². The van der Waals surface area contributed by atoms with Gasteiger partial charge in [0, 0.05) is 25.7 Å². The highest BCUT2D eigenvalue weighted by molar-refractivity contribution is 7.47. The van der Waals surface area contributed by atoms with Gasteiger partial charge in [-0.2, -0.15) is 0 Å². The maximum Gasteiger partial charge on any atom is 0.472 e. The lowest BCUT2D eigenvalue weighted by Gasteiger charge is -2.21. The standard InChI is InChI=1S/C67H126O17P2/c1-8-9-10-11-12-13-14-15-16-17-18-19-28-36-43-50-66(71)83-62(54-77-64(69)48-41-34-26-22-20-24-31-38-45-58(2)3)56-81-85(73,74)79-52-61(68)53-80-86(75,76)82-57-63(84-67(72)51-44-37-30-29-33-40-47-60(6)7)55-78-65(70)49-42-35-27-23-21-25-32-39-46-59(4)5/h13-16,58-63,68H,8-12,17-57H2,1-7H3,(H,73,74)(H,75,76)/b14-13-,16-15-/t61?,62-,63-/m1/s1. The second-order valence-corrected chi connectivity index (χ2v) is 27.9. The van der Waals surface area contributed by atoms with Gasteiger partial charge in [-0.25, -0.2) is 9.13 Å². The lowest BCUT2D eigenvalue weighted by molar-refractivity contribution is -0.161. The van der Waals surface area contributed by atoms with Gasteiger partial charge in [0.2, 0.25) is 0 Å². The molecule has 5 atom stereocenters. The normalized spacial score (nSPS) is 14.5. The van der Waals surface area contributed by atoms with Crippen molar-refractivity contribution >= 4 is 39.5 Å². The third-order valence-electron chi connectivity index (χ3n) is 14.8. The van der Waals surface area contributed by atoms with Crippen molar-refractivity contribution in [1.29, 1.82) is 0 Å². The summed E-state index contributed by atoms with van der Waals surface area (Å²) in [7, 11) is -9.91. The zero-order chi connectivity index (χ0) is 63.8. The summed E-state index contributed by atoms with van der Waals surface area (Å²) in [5.74, 6) is -0.0518. The van der Waals surface area contributed by atoms with Gasteiger partial charge in [0.05, 0.1) is 26.4 Å². The number of ether oxygens (including phenoxy) is 4. The lowest BCUT2D eigenvalue weighted by atomic mass is 10.0. The summed E-state index contributed by atoms with van der Waals surface area (Å²) in [5.41, 5.74) is 0. The second-order valence-electron chi connectivity index (χ2n) is 25.0. The highest BCUT2D eigenvalue weighted by atomic mass is 31.2. The van der Waals surface area contributed by atoms with Gasteiger partial charge in [-0.05, 0) is 69.1 Å². The predicted molar refractivity (Wildman–Crippen MR) is 344 cm³/mol. The molecule has 0 saturated carbocycles. The van der Waals surface area contributed by atoms with Crippen molar-refractivity contribution in [3.8, 4) is 0 Å². The number of aliphatic hydroxyl groups is 1. The van der Waals surface area contributed by atoms with E-state index in [0.29, 0.717) is 31.6 Å². The minimum Gasteiger partial charge on any atom is -0.462 e. The number of carbonyl (C=O) groups excluding carboxylic acids is 4. The van der Waals surface area contributed by atoms with E-state index >= 15 is 0 Å². The van der Waals surface area contributed by atoms with Crippen LogP contribution in [0.4, 0.5) is 0 Å². The molecule has 506 valence electrons. The molecule has 0 heterocycles. The van der Waals surface area contributed by atoms with Crippen LogP contribution in [0.25, 0.3) is 0 Å². The topological polar surface area (TPSA) is 237 Å². The largest absolute Gasteiger partial charge is 0.472 e. The maximum atomic E-state index is 13.0. The Morgan fingerprint density at radius 2 is 0.628 bits per heavy atom. The highest BCUT2D eigenvalue weighted by Crippen LogP contribution is 2.45. The molecule has 0 aromatic heterocycles. The first-order chi connectivity index (χ1) is 41.2. The third kappa shape index (κ3) is 60.5. The number of hydrogen-bond donors (Lipinski definition) is 3. The SMILES string of the molecule is CCCCCC/C=C\C=C/CCCCCCCC(=O)O[C@H](COC(=O)CCCCCCCCCCC(C)C)COP(=O)(O)OCC(O)COP(=O)(O)OC[C@@H](COC(=O)CCCCCCCCCCC(C)C)OC(=O)CCCCCCCCC(C)C. The average Bonchev–Trinajstić information content (AvgIpc) is 3.61. The van der Waals surface area contributed by atoms with Crippen LogP contribution in [-0.2, 0) is 65.4 Å². The monoisotopic (exact) mass is 1260 g/mol. The Labute approximate surface area is 522 Å². The van der Waals surface area contributed by atoms with E-state index in [4.69, 9.17) is 37.0 Å². The number of phosphoric ester groups is 2. The molecular weight excluding hydrogens is 1140 g/mol. The summed E-state index contributed by atoms with van der Waals surface area (Å²) in [5, 5.41) is 10.5. The summed E-state index contributed by atoms with van der Waals surface area (Å²) in [6.07, 6.45) is 42.8. The van der Waals surface area contributed by atoms with Crippen molar-refractivity contribution in [3.05, 3.63) is 24.3 Å². The molecule has 0 saturated heterocycles. The number of unbranched alkanes of at least 4 members (excludes halogenated alkanes) is 28. The first-order valence-electron chi connectivity index (χ1n) is 34.2. The first kappa shape index (κ1) is 83.5. The average molecular weight is 1270 g/mol. The molecule has 0 aliphatic carbocycles. The van der Waals surface area contributed by atoms with Crippen LogP contribution in [0.5, 0.6) is 0 Å². The fourth-order valence-electron chi connectivity index (χ4n) is 9.47. The van der Waals surface area contributed by atoms with E-state index in [9.17, 15) is 43.2 Å². The van der Waals surface area contributed by atoms with E-state index in [1.807, 2.05) is 0 Å². The third-order valence-corrected chi connectivity index (χ3v) is 16.7. The van der Waals surface area contributed by atoms with Crippen LogP contribution in [-0.4, -0.2) is 96.7 Å². The zero-order valence-corrected chi connectivity index (χ0v) is 57.0. The first-order valence-corrected chi connectivity index (χ1v) is 37.2. The van der Waals surface area contributed by atoms with Crippen LogP contribution in [0, 0.1) is 17.8 Å². The molecule has 3 N–H and O–H groups in total. The fraction of sp³-hybridized carbons (Fsp3) is 0.881. The van der Waals surface area contributed by atoms with Gasteiger partial charge in [0.1, 0.15) is 19.3 Å². The summed E-state index contributed by atoms with van der Waals surface area (Å²) >= 11 is 0. The summed E-state index contributed by atoms with van der Waals surface area (Å²) in [6.45, 7) is 11.6. The van der Waals surface area contributed by atoms with Crippen LogP contribution in [0.15, 0.2) is 24.3 Å². The number of hydrogen-bond acceptors (Lipinski definition) is 15. The van der Waals surface area contributed by atoms with Crippen molar-refractivity contribution in [2.75, 3.05) is 39.6 Å². The minimum atomic E-state index is -4.96. The van der Waals surface area contributed by atoms with Crippen LogP contribution < -0.4 is 0 Å². The van der Waals surface area contributed by atoms with Gasteiger partial charge in [0.15, 0.2) is 12.2 Å². The molecule has 0 aliphatic heterocycles. The molecule has 0 aromatic carbocycles. The molecule has 0 rings (SSSR count). The van der Waals surface area contributed by atoms with Crippen molar-refractivity contribution in [2.24, 2.45) is 17.8 Å². The summed E-state index contributed by atoms with van der Waals surface area (Å²) < 4.78 is 68.0. The minimum absolute atomic E-state index is 0.0837. The smallest absolute Gasteiger partial charge is 0.462 e. The van der Waals surface area contributed by atoms with Crippen LogP contribution in [0.1, 0.15) is 305 Å². The second kappa shape index (κ2) is 57.7. The quantitative estimate of drug-likeness (QED) is 0.0169. The Balaban J connectivity index is 5.28. The molecule has 3 unspecified atom stereocenters. The number of rotatable bonds is 63. The Bertz CT molecular complexity index is 1790. The Kier molecular flexibility index (Phi) is 56.0. The zero-order valence-electron chi connectivity index (χ0n) is 55.3. The van der Waals surface area contributed by atoms with Crippen molar-refractivity contribution in [1.82, 2.24) is 0 Å². The van der Waals surface area contributed by atoms with Gasteiger partial charge in [-0.3, -0.25) is 37.3 Å². The van der Waals surface area contributed by atoms with Crippen molar-refractivity contribution in [3.63, 3.8) is 0 Å². The summed E-state index contributed by atoms with van der Waals surface area (Å²) in [6, 6.07) is 0. The number of carbonyl (C=O) groups is 4. The van der Waals surface area contributed by atoms with E-state index in [0.717, 1.165) is 121 Å². The highest BCUT2D eigenvalue weighted by Gasteiger charge is 2.30. The fourth-order valence-corrected chi connectivity index (χ4v) is 11.0. The van der Waals surface area contributed by atoms with E-state index in [-0.39, 0.29) is 25.7 Å². The van der Waals surface area contributed by atoms with Gasteiger partial charge in [0.25, 0.3) is 0 Å². The van der Waals surface area contributed by atoms with Crippen molar-refractivity contribution < 1.29 is 80.2 Å². The molecule has 0 amide bonds. The number of esters is 4. The van der Waals surface area contributed by atoms with Crippen LogP contribution in [0.3, 0.4) is 0 Å². The molecule has 17 nitrogen and oxygen atoms in total. The Morgan fingerprint density at radius 3 is 0.942 bits per heavy atom. The van der Waals surface area contributed by atoms with Crippen molar-refractivity contribution in [2.45, 2.75) is 324 Å². The molecule has 0 fully saturated rings. The van der Waals surface area contributed by atoms with Crippen LogP contribution >= 0.6 is 15.6 Å². The molecule has 19 heteroatoms. The van der Waals surface area contributed by atoms with Gasteiger partial charge in [-0.15, -0.1) is 0 Å². The van der Waals surface area contributed by atoms with E-state index in [1.165, 1.54) is 96.3 Å². The molecule has 86 heavy (non-hydrogen) atoms. The van der Waals surface area contributed by atoms with E-state index in [2.05, 4.69) is 72.8 Å².